The van der Waals surface area contributed by atoms with Gasteiger partial charge in [-0.15, -0.1) is 0 Å². The number of nitrogens with zero attached hydrogens (tertiary/aromatic N) is 3. The normalized spacial score (nSPS) is 14.0. The zero-order valence-corrected chi connectivity index (χ0v) is 27.0. The van der Waals surface area contributed by atoms with Crippen LogP contribution in [0.1, 0.15) is 16.7 Å². The number of anilines is 3. The van der Waals surface area contributed by atoms with Gasteiger partial charge in [-0.1, -0.05) is 90.5 Å². The van der Waals surface area contributed by atoms with Crippen molar-refractivity contribution in [2.45, 2.75) is 20.8 Å². The summed E-state index contributed by atoms with van der Waals surface area (Å²) in [6.45, 7) is 6.94. The molecule has 4 aliphatic heterocycles. The minimum Gasteiger partial charge on any atom is -0.382 e. The third kappa shape index (κ3) is 2.80. The number of aryl methyl sites for hydroxylation is 3. The zero-order valence-electron chi connectivity index (χ0n) is 27.0. The maximum Gasteiger partial charge on any atom is 0.333 e. The maximum atomic E-state index is 2.64. The fourth-order valence-corrected chi connectivity index (χ4v) is 10.3. The SMILES string of the molecule is Cc1cc(C)c(-c2ccc3c4c2B2c5c(cccc5N4c4cccc5c4B3n3ccc4cccc-5c43)-c3cccc4ccn2c34)c(C)c1. The van der Waals surface area contributed by atoms with Crippen LogP contribution < -0.4 is 26.8 Å². The molecule has 0 aliphatic carbocycles. The zero-order chi connectivity index (χ0) is 31.6. The Hall–Kier alpha value is -5.67. The molecule has 4 aliphatic rings. The molecule has 0 unspecified atom stereocenters. The van der Waals surface area contributed by atoms with Crippen LogP contribution >= 0.6 is 0 Å². The van der Waals surface area contributed by atoms with Crippen molar-refractivity contribution >= 4 is 74.4 Å². The van der Waals surface area contributed by atoms with Crippen LogP contribution in [0, 0.1) is 20.8 Å². The predicted octanol–water partition coefficient (Wildman–Crippen LogP) is 7.55. The molecule has 0 N–H and O–H groups in total. The summed E-state index contributed by atoms with van der Waals surface area (Å²) >= 11 is 0. The number of aromatic nitrogens is 2. The van der Waals surface area contributed by atoms with E-state index in [2.05, 4.69) is 156 Å². The van der Waals surface area contributed by atoms with Crippen molar-refractivity contribution in [3.63, 3.8) is 0 Å². The minimum absolute atomic E-state index is 0.0511. The Morgan fingerprint density at radius 3 is 1.65 bits per heavy atom. The van der Waals surface area contributed by atoms with Crippen LogP contribution in [-0.2, 0) is 0 Å². The van der Waals surface area contributed by atoms with Gasteiger partial charge in [-0.3, -0.25) is 0 Å². The molecule has 0 radical (unpaired) electrons. The van der Waals surface area contributed by atoms with E-state index in [1.807, 2.05) is 0 Å². The van der Waals surface area contributed by atoms with Gasteiger partial charge in [0, 0.05) is 39.2 Å². The predicted molar refractivity (Wildman–Crippen MR) is 203 cm³/mol. The van der Waals surface area contributed by atoms with E-state index in [4.69, 9.17) is 0 Å². The summed E-state index contributed by atoms with van der Waals surface area (Å²) in [4.78, 5) is 2.64. The van der Waals surface area contributed by atoms with E-state index in [1.54, 1.807) is 0 Å². The van der Waals surface area contributed by atoms with E-state index in [0.717, 1.165) is 0 Å². The molecule has 5 heteroatoms. The van der Waals surface area contributed by atoms with Gasteiger partial charge in [-0.25, -0.2) is 0 Å². The first-order valence-electron chi connectivity index (χ1n) is 17.1. The quantitative estimate of drug-likeness (QED) is 0.175. The topological polar surface area (TPSA) is 13.1 Å². The van der Waals surface area contributed by atoms with Gasteiger partial charge in [0.05, 0.1) is 0 Å². The molecule has 0 fully saturated rings. The summed E-state index contributed by atoms with van der Waals surface area (Å²) < 4.78 is 5.14. The number of hydrogen-bond acceptors (Lipinski definition) is 1. The van der Waals surface area contributed by atoms with Crippen LogP contribution in [0.4, 0.5) is 17.1 Å². The summed E-state index contributed by atoms with van der Waals surface area (Å²) in [6.07, 6.45) is 4.66. The number of para-hydroxylation sites is 2. The largest absolute Gasteiger partial charge is 0.382 e. The molecular weight excluding hydrogens is 580 g/mol. The summed E-state index contributed by atoms with van der Waals surface area (Å²) in [6, 6.07) is 41.8. The van der Waals surface area contributed by atoms with Crippen LogP contribution in [0.3, 0.4) is 0 Å². The molecule has 8 aromatic rings. The molecule has 48 heavy (non-hydrogen) atoms. The molecular formula is C43H29B2N3. The van der Waals surface area contributed by atoms with Gasteiger partial charge in [0.1, 0.15) is 0 Å². The van der Waals surface area contributed by atoms with Crippen molar-refractivity contribution in [2.75, 3.05) is 4.90 Å². The van der Waals surface area contributed by atoms with Gasteiger partial charge in [-0.2, -0.15) is 0 Å². The van der Waals surface area contributed by atoms with Gasteiger partial charge in [0.2, 0.25) is 0 Å². The lowest BCUT2D eigenvalue weighted by Gasteiger charge is -2.47. The molecule has 2 aromatic heterocycles. The lowest BCUT2D eigenvalue weighted by atomic mass is 9.39. The average molecular weight is 609 g/mol. The second-order valence-electron chi connectivity index (χ2n) is 14.3. The van der Waals surface area contributed by atoms with Crippen molar-refractivity contribution in [3.05, 3.63) is 138 Å². The number of rotatable bonds is 1. The highest BCUT2D eigenvalue weighted by atomic mass is 15.2. The lowest BCUT2D eigenvalue weighted by molar-refractivity contribution is 1.21. The van der Waals surface area contributed by atoms with E-state index in [0.29, 0.717) is 0 Å². The van der Waals surface area contributed by atoms with E-state index < -0.39 is 0 Å². The molecule has 222 valence electrons. The molecule has 6 aromatic carbocycles. The standard InChI is InChI=1S/C43H29B2N3/c1-24-22-25(2)37(26(3)23-24)33-16-17-34-43-40(33)45-39-30(32-13-5-9-28-19-21-47(45)42(28)32)11-7-15-36(39)48(43)35-14-6-10-29-31-12-4-8-27-18-20-46(41(27)31)44(34)38(29)35/h4-23H,1-3H3. The highest BCUT2D eigenvalue weighted by molar-refractivity contribution is 6.94. The second kappa shape index (κ2) is 8.42. The van der Waals surface area contributed by atoms with Crippen molar-refractivity contribution in [3.8, 4) is 33.4 Å². The van der Waals surface area contributed by atoms with Gasteiger partial charge in [0.25, 0.3) is 0 Å². The average Bonchev–Trinajstić information content (AvgIpc) is 3.73. The highest BCUT2D eigenvalue weighted by Gasteiger charge is 2.49. The van der Waals surface area contributed by atoms with E-state index in [1.165, 1.54) is 111 Å². The fourth-order valence-electron chi connectivity index (χ4n) is 10.3. The molecule has 12 rings (SSSR count). The van der Waals surface area contributed by atoms with Gasteiger partial charge in [-0.05, 0) is 123 Å². The summed E-state index contributed by atoms with van der Waals surface area (Å²) in [5.41, 5.74) is 24.2. The molecule has 0 saturated carbocycles. The van der Waals surface area contributed by atoms with Crippen molar-refractivity contribution in [1.82, 2.24) is 8.96 Å². The Kier molecular flexibility index (Phi) is 4.46. The second-order valence-corrected chi connectivity index (χ2v) is 14.3. The molecule has 0 bridgehead atoms. The molecule has 0 saturated heterocycles. The third-order valence-corrected chi connectivity index (χ3v) is 11.8. The first-order chi connectivity index (χ1) is 23.6. The van der Waals surface area contributed by atoms with E-state index in [-0.39, 0.29) is 13.7 Å². The van der Waals surface area contributed by atoms with Gasteiger partial charge >= 0.3 is 13.7 Å². The maximum absolute atomic E-state index is 2.64. The van der Waals surface area contributed by atoms with E-state index in [9.17, 15) is 0 Å². The van der Waals surface area contributed by atoms with Gasteiger partial charge < -0.3 is 13.9 Å². The summed E-state index contributed by atoms with van der Waals surface area (Å²) in [7, 11) is 0. The van der Waals surface area contributed by atoms with Crippen molar-refractivity contribution in [2.24, 2.45) is 0 Å². The number of fused-ring (bicyclic) bond motifs is 8. The fraction of sp³-hybridized carbons (Fsp3) is 0.0698. The summed E-state index contributed by atoms with van der Waals surface area (Å²) in [5, 5.41) is 2.60. The van der Waals surface area contributed by atoms with Crippen LogP contribution in [0.5, 0.6) is 0 Å². The first-order valence-corrected chi connectivity index (χ1v) is 17.1. The first kappa shape index (κ1) is 25.4. The minimum atomic E-state index is 0.0511. The Balaban J connectivity index is 1.29. The van der Waals surface area contributed by atoms with Crippen LogP contribution in [0.2, 0.25) is 0 Å². The monoisotopic (exact) mass is 609 g/mol. The Morgan fingerprint density at radius 1 is 0.479 bits per heavy atom. The smallest absolute Gasteiger partial charge is 0.333 e. The Bertz CT molecular complexity index is 2770. The molecule has 0 atom stereocenters. The van der Waals surface area contributed by atoms with Crippen LogP contribution in [0.25, 0.3) is 55.2 Å². The van der Waals surface area contributed by atoms with Gasteiger partial charge in [0.15, 0.2) is 0 Å². The van der Waals surface area contributed by atoms with Crippen LogP contribution in [-0.4, -0.2) is 22.7 Å². The highest BCUT2D eigenvalue weighted by Crippen LogP contribution is 2.47. The number of benzene rings is 6. The number of hydrogen-bond donors (Lipinski definition) is 0. The van der Waals surface area contributed by atoms with E-state index >= 15 is 0 Å². The van der Waals surface area contributed by atoms with Crippen molar-refractivity contribution < 1.29 is 0 Å². The molecule has 3 nitrogen and oxygen atoms in total. The summed E-state index contributed by atoms with van der Waals surface area (Å²) in [5.74, 6) is 0. The molecule has 0 spiro atoms. The lowest BCUT2D eigenvalue weighted by Crippen LogP contribution is -2.64. The van der Waals surface area contributed by atoms with Crippen molar-refractivity contribution in [1.29, 1.82) is 0 Å². The Morgan fingerprint density at radius 2 is 1.02 bits per heavy atom. The molecule has 0 amide bonds. The molecule has 6 heterocycles. The Labute approximate surface area is 279 Å². The third-order valence-electron chi connectivity index (χ3n) is 11.8. The van der Waals surface area contributed by atoms with Crippen LogP contribution in [0.15, 0.2) is 122 Å².